The van der Waals surface area contributed by atoms with E-state index >= 15 is 0 Å². The average molecular weight is 274 g/mol. The summed E-state index contributed by atoms with van der Waals surface area (Å²) in [5.74, 6) is -1.92. The molecule has 0 bridgehead atoms. The smallest absolute Gasteiger partial charge is 0.198 e. The topological polar surface area (TPSA) is 59.0 Å². The molecule has 20 heavy (non-hydrogen) atoms. The monoisotopic (exact) mass is 274 g/mol. The molecule has 2 aromatic rings. The largest absolute Gasteiger partial charge is 0.451 e. The number of halogens is 2. The van der Waals surface area contributed by atoms with E-state index < -0.39 is 17.4 Å². The van der Waals surface area contributed by atoms with Gasteiger partial charge in [0.15, 0.2) is 17.4 Å². The van der Waals surface area contributed by atoms with Gasteiger partial charge in [-0.25, -0.2) is 8.78 Å². The van der Waals surface area contributed by atoms with E-state index in [0.29, 0.717) is 22.4 Å². The third-order valence-corrected chi connectivity index (χ3v) is 2.81. The Morgan fingerprint density at radius 1 is 1.00 bits per heavy atom. The van der Waals surface area contributed by atoms with Gasteiger partial charge in [0, 0.05) is 17.8 Å². The lowest BCUT2D eigenvalue weighted by molar-refractivity contribution is 0.403. The molecule has 0 saturated carbocycles. The van der Waals surface area contributed by atoms with Crippen molar-refractivity contribution >= 4 is 5.69 Å². The van der Waals surface area contributed by atoms with E-state index in [-0.39, 0.29) is 5.69 Å². The standard InChI is InChI=1S/C15H12F2N2O/c1-8-3-10(7-18)4-9(2)14(8)20-15-12(16)5-11(19)6-13(15)17/h3-6H,19H2,1-2H3. The Morgan fingerprint density at radius 3 is 1.95 bits per heavy atom. The molecule has 0 saturated heterocycles. The number of nitriles is 1. The lowest BCUT2D eigenvalue weighted by atomic mass is 10.1. The van der Waals surface area contributed by atoms with E-state index in [1.54, 1.807) is 26.0 Å². The van der Waals surface area contributed by atoms with Gasteiger partial charge in [-0.1, -0.05) is 0 Å². The predicted octanol–water partition coefficient (Wildman–Crippen LogP) is 3.83. The highest BCUT2D eigenvalue weighted by atomic mass is 19.1. The predicted molar refractivity (Wildman–Crippen MR) is 71.5 cm³/mol. The Morgan fingerprint density at radius 2 is 1.50 bits per heavy atom. The van der Waals surface area contributed by atoms with Crippen LogP contribution in [0.4, 0.5) is 14.5 Å². The lowest BCUT2D eigenvalue weighted by Crippen LogP contribution is -1.98. The van der Waals surface area contributed by atoms with E-state index in [2.05, 4.69) is 0 Å². The molecule has 0 heterocycles. The van der Waals surface area contributed by atoms with Crippen LogP contribution in [-0.2, 0) is 0 Å². The van der Waals surface area contributed by atoms with Gasteiger partial charge >= 0.3 is 0 Å². The lowest BCUT2D eigenvalue weighted by Gasteiger charge is -2.13. The Kier molecular flexibility index (Phi) is 3.57. The number of hydrogen-bond donors (Lipinski definition) is 1. The van der Waals surface area contributed by atoms with Gasteiger partial charge < -0.3 is 10.5 Å². The molecule has 0 aromatic heterocycles. The van der Waals surface area contributed by atoms with Gasteiger partial charge in [-0.3, -0.25) is 0 Å². The second-order valence-corrected chi connectivity index (χ2v) is 4.47. The van der Waals surface area contributed by atoms with Crippen molar-refractivity contribution in [3.05, 3.63) is 52.6 Å². The van der Waals surface area contributed by atoms with Crippen molar-refractivity contribution in [1.82, 2.24) is 0 Å². The van der Waals surface area contributed by atoms with E-state index in [0.717, 1.165) is 12.1 Å². The highest BCUT2D eigenvalue weighted by Crippen LogP contribution is 2.33. The van der Waals surface area contributed by atoms with Gasteiger partial charge in [0.05, 0.1) is 11.6 Å². The SMILES string of the molecule is Cc1cc(C#N)cc(C)c1Oc1c(F)cc(N)cc1F. The van der Waals surface area contributed by atoms with Crippen LogP contribution in [0.1, 0.15) is 16.7 Å². The molecule has 0 aliphatic carbocycles. The molecule has 102 valence electrons. The Balaban J connectivity index is 2.49. The zero-order valence-corrected chi connectivity index (χ0v) is 11.0. The van der Waals surface area contributed by atoms with Gasteiger partial charge in [-0.15, -0.1) is 0 Å². The number of rotatable bonds is 2. The first-order valence-corrected chi connectivity index (χ1v) is 5.86. The van der Waals surface area contributed by atoms with Crippen molar-refractivity contribution in [2.45, 2.75) is 13.8 Å². The van der Waals surface area contributed by atoms with Crippen LogP contribution in [0.15, 0.2) is 24.3 Å². The zero-order valence-electron chi connectivity index (χ0n) is 11.0. The fourth-order valence-electron chi connectivity index (χ4n) is 1.95. The minimum absolute atomic E-state index is 0.0133. The van der Waals surface area contributed by atoms with Crippen molar-refractivity contribution in [1.29, 1.82) is 5.26 Å². The molecule has 3 nitrogen and oxygen atoms in total. The first-order chi connectivity index (χ1) is 9.42. The first kappa shape index (κ1) is 13.8. The van der Waals surface area contributed by atoms with Crippen LogP contribution >= 0.6 is 0 Å². The zero-order chi connectivity index (χ0) is 14.9. The fourth-order valence-corrected chi connectivity index (χ4v) is 1.95. The maximum Gasteiger partial charge on any atom is 0.198 e. The number of hydrogen-bond acceptors (Lipinski definition) is 3. The normalized spacial score (nSPS) is 10.2. The van der Waals surface area contributed by atoms with Gasteiger partial charge in [0.1, 0.15) is 5.75 Å². The highest BCUT2D eigenvalue weighted by molar-refractivity contribution is 5.51. The van der Waals surface area contributed by atoms with Crippen molar-refractivity contribution in [2.75, 3.05) is 5.73 Å². The Hall–Kier alpha value is -2.61. The molecular weight excluding hydrogens is 262 g/mol. The number of anilines is 1. The summed E-state index contributed by atoms with van der Waals surface area (Å²) in [6, 6.07) is 7.18. The van der Waals surface area contributed by atoms with Gasteiger partial charge in [-0.2, -0.15) is 5.26 Å². The number of benzene rings is 2. The second-order valence-electron chi connectivity index (χ2n) is 4.47. The maximum absolute atomic E-state index is 13.7. The highest BCUT2D eigenvalue weighted by Gasteiger charge is 2.15. The van der Waals surface area contributed by atoms with Crippen LogP contribution in [0.3, 0.4) is 0 Å². The van der Waals surface area contributed by atoms with Gasteiger partial charge in [0.25, 0.3) is 0 Å². The molecule has 0 aliphatic rings. The van der Waals surface area contributed by atoms with Crippen LogP contribution in [0, 0.1) is 36.8 Å². The summed E-state index contributed by atoms with van der Waals surface area (Å²) in [6.07, 6.45) is 0. The average Bonchev–Trinajstić information content (AvgIpc) is 2.35. The van der Waals surface area contributed by atoms with Crippen LogP contribution in [0.5, 0.6) is 11.5 Å². The quantitative estimate of drug-likeness (QED) is 0.847. The summed E-state index contributed by atoms with van der Waals surface area (Å²) < 4.78 is 32.8. The number of nitrogens with two attached hydrogens (primary N) is 1. The van der Waals surface area contributed by atoms with E-state index in [1.807, 2.05) is 6.07 Å². The molecule has 2 N–H and O–H groups in total. The van der Waals surface area contributed by atoms with Crippen LogP contribution in [0.25, 0.3) is 0 Å². The number of ether oxygens (including phenoxy) is 1. The molecule has 0 spiro atoms. The Bertz CT molecular complexity index is 674. The molecule has 0 amide bonds. The molecule has 0 unspecified atom stereocenters. The van der Waals surface area contributed by atoms with Gasteiger partial charge in [-0.05, 0) is 37.1 Å². The van der Waals surface area contributed by atoms with Crippen molar-refractivity contribution in [3.63, 3.8) is 0 Å². The summed E-state index contributed by atoms with van der Waals surface area (Å²) >= 11 is 0. The molecule has 2 aromatic carbocycles. The maximum atomic E-state index is 13.7. The third kappa shape index (κ3) is 2.54. The summed E-state index contributed by atoms with van der Waals surface area (Å²) in [7, 11) is 0. The van der Waals surface area contributed by atoms with Crippen molar-refractivity contribution < 1.29 is 13.5 Å². The molecular formula is C15H12F2N2O. The van der Waals surface area contributed by atoms with Crippen LogP contribution < -0.4 is 10.5 Å². The van der Waals surface area contributed by atoms with Crippen molar-refractivity contribution in [3.8, 4) is 17.6 Å². The van der Waals surface area contributed by atoms with E-state index in [9.17, 15) is 8.78 Å². The third-order valence-electron chi connectivity index (χ3n) is 2.81. The van der Waals surface area contributed by atoms with Crippen LogP contribution in [0.2, 0.25) is 0 Å². The minimum Gasteiger partial charge on any atom is -0.451 e. The fraction of sp³-hybridized carbons (Fsp3) is 0.133. The first-order valence-electron chi connectivity index (χ1n) is 5.86. The Labute approximate surface area is 115 Å². The van der Waals surface area contributed by atoms with Gasteiger partial charge in [0.2, 0.25) is 0 Å². The summed E-state index contributed by atoms with van der Waals surface area (Å²) in [6.45, 7) is 3.41. The van der Waals surface area contributed by atoms with Crippen LogP contribution in [-0.4, -0.2) is 0 Å². The molecule has 0 aliphatic heterocycles. The van der Waals surface area contributed by atoms with E-state index in [4.69, 9.17) is 15.7 Å². The van der Waals surface area contributed by atoms with E-state index in [1.165, 1.54) is 0 Å². The molecule has 0 atom stereocenters. The summed E-state index contributed by atoms with van der Waals surface area (Å²) in [5, 5.41) is 8.86. The molecule has 2 rings (SSSR count). The minimum atomic E-state index is -0.870. The molecule has 5 heteroatoms. The number of nitrogens with zero attached hydrogens (tertiary/aromatic N) is 1. The molecule has 0 fully saturated rings. The summed E-state index contributed by atoms with van der Waals surface area (Å²) in [5.41, 5.74) is 7.04. The number of aryl methyl sites for hydroxylation is 2. The second kappa shape index (κ2) is 5.17. The molecule has 0 radical (unpaired) electrons. The van der Waals surface area contributed by atoms with Crippen molar-refractivity contribution in [2.24, 2.45) is 0 Å². The summed E-state index contributed by atoms with van der Waals surface area (Å²) in [4.78, 5) is 0. The number of nitrogen functional groups attached to an aromatic ring is 1.